The number of rotatable bonds is 4. The SMILES string of the molecule is CC(C)(C)CPC(N)PCC(C)(C)C. The Morgan fingerprint density at radius 1 is 0.857 bits per heavy atom. The molecule has 0 aliphatic carbocycles. The molecule has 0 saturated carbocycles. The molecule has 0 aromatic rings. The highest BCUT2D eigenvalue weighted by Gasteiger charge is 2.15. The van der Waals surface area contributed by atoms with E-state index in [-0.39, 0.29) is 0 Å². The van der Waals surface area contributed by atoms with Crippen LogP contribution in [0.2, 0.25) is 0 Å². The molecule has 86 valence electrons. The van der Waals surface area contributed by atoms with Gasteiger partial charge in [-0.25, -0.2) is 0 Å². The maximum absolute atomic E-state index is 6.11. The highest BCUT2D eigenvalue weighted by Crippen LogP contribution is 2.38. The first-order valence-electron chi connectivity index (χ1n) is 5.32. The first kappa shape index (κ1) is 14.8. The van der Waals surface area contributed by atoms with Gasteiger partial charge in [0, 0.05) is 5.52 Å². The monoisotopic (exact) mass is 235 g/mol. The van der Waals surface area contributed by atoms with Gasteiger partial charge in [0.2, 0.25) is 0 Å². The van der Waals surface area contributed by atoms with E-state index in [2.05, 4.69) is 41.5 Å². The number of hydrogen-bond donors (Lipinski definition) is 1. The lowest BCUT2D eigenvalue weighted by Crippen LogP contribution is -2.17. The van der Waals surface area contributed by atoms with Gasteiger partial charge in [-0.15, -0.1) is 0 Å². The van der Waals surface area contributed by atoms with Crippen LogP contribution in [0.5, 0.6) is 0 Å². The smallest absolute Gasteiger partial charge is 0.0384 e. The van der Waals surface area contributed by atoms with Crippen molar-refractivity contribution in [2.75, 3.05) is 12.3 Å². The Balaban J connectivity index is 3.62. The van der Waals surface area contributed by atoms with Gasteiger partial charge >= 0.3 is 0 Å². The second-order valence-electron chi connectivity index (χ2n) is 6.36. The van der Waals surface area contributed by atoms with Crippen molar-refractivity contribution in [2.24, 2.45) is 16.6 Å². The van der Waals surface area contributed by atoms with E-state index in [1.165, 1.54) is 12.3 Å². The normalized spacial score (nSPS) is 17.4. The summed E-state index contributed by atoms with van der Waals surface area (Å²) in [5.41, 5.74) is 7.46. The molecular weight excluding hydrogens is 208 g/mol. The van der Waals surface area contributed by atoms with Crippen LogP contribution in [-0.4, -0.2) is 17.8 Å². The van der Waals surface area contributed by atoms with Gasteiger partial charge in [-0.3, -0.25) is 0 Å². The van der Waals surface area contributed by atoms with E-state index in [1.807, 2.05) is 0 Å². The highest BCUT2D eigenvalue weighted by molar-refractivity contribution is 7.57. The van der Waals surface area contributed by atoms with E-state index in [4.69, 9.17) is 5.73 Å². The Bertz CT molecular complexity index is 138. The summed E-state index contributed by atoms with van der Waals surface area (Å²) < 4.78 is 0. The molecule has 0 bridgehead atoms. The van der Waals surface area contributed by atoms with Gasteiger partial charge in [0.15, 0.2) is 0 Å². The Morgan fingerprint density at radius 3 is 1.36 bits per heavy atom. The second-order valence-corrected chi connectivity index (χ2v) is 9.71. The van der Waals surface area contributed by atoms with Gasteiger partial charge in [-0.2, -0.15) is 0 Å². The highest BCUT2D eigenvalue weighted by atomic mass is 31.1. The summed E-state index contributed by atoms with van der Waals surface area (Å²) in [5.74, 6) is 0. The molecule has 0 aliphatic rings. The minimum absolute atomic E-state index is 0.447. The average Bonchev–Trinajstić information content (AvgIpc) is 1.94. The number of hydrogen-bond acceptors (Lipinski definition) is 1. The van der Waals surface area contributed by atoms with Crippen LogP contribution < -0.4 is 5.73 Å². The first-order chi connectivity index (χ1) is 6.10. The minimum Gasteiger partial charge on any atom is -0.321 e. The van der Waals surface area contributed by atoms with Crippen LogP contribution in [0.1, 0.15) is 41.5 Å². The van der Waals surface area contributed by atoms with E-state index in [0.29, 0.717) is 16.4 Å². The van der Waals surface area contributed by atoms with Crippen LogP contribution in [0.15, 0.2) is 0 Å². The lowest BCUT2D eigenvalue weighted by atomic mass is 10.0. The molecule has 0 fully saturated rings. The summed E-state index contributed by atoms with van der Waals surface area (Å²) in [6.07, 6.45) is 2.54. The van der Waals surface area contributed by atoms with Crippen molar-refractivity contribution in [3.05, 3.63) is 0 Å². The summed E-state index contributed by atoms with van der Waals surface area (Å²) in [6, 6.07) is 0. The van der Waals surface area contributed by atoms with Crippen LogP contribution in [0.4, 0.5) is 0 Å². The Hall–Kier alpha value is 0.820. The van der Waals surface area contributed by atoms with Crippen molar-refractivity contribution < 1.29 is 0 Å². The molecule has 0 amide bonds. The lowest BCUT2D eigenvalue weighted by Gasteiger charge is -2.24. The molecule has 0 heterocycles. The van der Waals surface area contributed by atoms with Crippen molar-refractivity contribution in [3.63, 3.8) is 0 Å². The molecule has 0 rings (SSSR count). The molecule has 2 unspecified atom stereocenters. The molecule has 0 aromatic heterocycles. The molecule has 0 aromatic carbocycles. The fourth-order valence-corrected chi connectivity index (χ4v) is 3.76. The molecule has 0 saturated heterocycles. The third kappa shape index (κ3) is 10.9. The zero-order valence-corrected chi connectivity index (χ0v) is 12.6. The molecule has 2 N–H and O–H groups in total. The summed E-state index contributed by atoms with van der Waals surface area (Å²) in [7, 11) is 1.87. The lowest BCUT2D eigenvalue weighted by molar-refractivity contribution is 0.477. The molecule has 14 heavy (non-hydrogen) atoms. The summed E-state index contributed by atoms with van der Waals surface area (Å²) in [4.78, 5) is 0. The standard InChI is InChI=1S/C11H27NP2/c1-10(2,3)7-13-9(12)14-8-11(4,5)6/h9,13-14H,7-8,12H2,1-6H3. The second kappa shape index (κ2) is 5.78. The van der Waals surface area contributed by atoms with Crippen molar-refractivity contribution in [1.82, 2.24) is 0 Å². The van der Waals surface area contributed by atoms with Crippen LogP contribution in [0, 0.1) is 10.8 Å². The van der Waals surface area contributed by atoms with Gasteiger partial charge in [-0.05, 0) is 23.2 Å². The van der Waals surface area contributed by atoms with Crippen LogP contribution in [0.25, 0.3) is 0 Å². The van der Waals surface area contributed by atoms with Crippen molar-refractivity contribution >= 4 is 17.2 Å². The Kier molecular flexibility index (Phi) is 6.12. The van der Waals surface area contributed by atoms with E-state index < -0.39 is 0 Å². The zero-order valence-electron chi connectivity index (χ0n) is 10.6. The molecule has 1 nitrogen and oxygen atoms in total. The molecule has 2 atom stereocenters. The van der Waals surface area contributed by atoms with Crippen LogP contribution in [-0.2, 0) is 0 Å². The van der Waals surface area contributed by atoms with E-state index in [1.54, 1.807) is 0 Å². The third-order valence-electron chi connectivity index (χ3n) is 1.70. The predicted octanol–water partition coefficient (Wildman–Crippen LogP) is 3.68. The molecule has 0 radical (unpaired) electrons. The molecule has 0 aliphatic heterocycles. The van der Waals surface area contributed by atoms with Crippen LogP contribution >= 0.6 is 17.2 Å². The summed E-state index contributed by atoms with van der Waals surface area (Å²) in [6.45, 7) is 13.7. The maximum atomic E-state index is 6.11. The Morgan fingerprint density at radius 2 is 1.14 bits per heavy atom. The van der Waals surface area contributed by atoms with E-state index >= 15 is 0 Å². The van der Waals surface area contributed by atoms with E-state index in [9.17, 15) is 0 Å². The van der Waals surface area contributed by atoms with Gasteiger partial charge in [0.1, 0.15) is 0 Å². The van der Waals surface area contributed by atoms with Gasteiger partial charge < -0.3 is 5.73 Å². The van der Waals surface area contributed by atoms with Gasteiger partial charge in [-0.1, -0.05) is 58.7 Å². The predicted molar refractivity (Wildman–Crippen MR) is 73.2 cm³/mol. The third-order valence-corrected chi connectivity index (χ3v) is 6.34. The molecular formula is C11H27NP2. The molecule has 3 heteroatoms. The topological polar surface area (TPSA) is 26.0 Å². The quantitative estimate of drug-likeness (QED) is 0.739. The zero-order chi connectivity index (χ0) is 11.4. The number of nitrogens with two attached hydrogens (primary N) is 1. The average molecular weight is 235 g/mol. The maximum Gasteiger partial charge on any atom is 0.0384 e. The minimum atomic E-state index is 0.447. The summed E-state index contributed by atoms with van der Waals surface area (Å²) in [5, 5.41) is 0. The summed E-state index contributed by atoms with van der Waals surface area (Å²) >= 11 is 0. The largest absolute Gasteiger partial charge is 0.321 e. The fraction of sp³-hybridized carbons (Fsp3) is 1.00. The first-order valence-corrected chi connectivity index (χ1v) is 7.89. The van der Waals surface area contributed by atoms with Crippen molar-refractivity contribution in [2.45, 2.75) is 47.1 Å². The van der Waals surface area contributed by atoms with Gasteiger partial charge in [0.05, 0.1) is 0 Å². The van der Waals surface area contributed by atoms with Crippen molar-refractivity contribution in [3.8, 4) is 0 Å². The molecule has 0 spiro atoms. The Labute approximate surface area is 93.6 Å². The fourth-order valence-electron chi connectivity index (χ4n) is 0.904. The van der Waals surface area contributed by atoms with Crippen LogP contribution in [0.3, 0.4) is 0 Å². The van der Waals surface area contributed by atoms with E-state index in [0.717, 1.165) is 17.2 Å². The van der Waals surface area contributed by atoms with Crippen molar-refractivity contribution in [1.29, 1.82) is 0 Å². The van der Waals surface area contributed by atoms with Gasteiger partial charge in [0.25, 0.3) is 0 Å².